The average molecular weight is 546 g/mol. The van der Waals surface area contributed by atoms with Gasteiger partial charge in [0.2, 0.25) is 5.91 Å². The molecule has 37 heavy (non-hydrogen) atoms. The molecule has 0 heterocycles. The summed E-state index contributed by atoms with van der Waals surface area (Å²) in [6.45, 7) is 1.89. The van der Waals surface area contributed by atoms with E-state index in [1.807, 2.05) is 6.92 Å². The molecular formula is C26H28ClN3O6S. The number of sulfonamides is 1. The molecule has 0 saturated carbocycles. The van der Waals surface area contributed by atoms with Gasteiger partial charge in [0.1, 0.15) is 12.3 Å². The Bertz CT molecular complexity index is 1360. The highest BCUT2D eigenvalue weighted by Gasteiger charge is 2.28. The van der Waals surface area contributed by atoms with Crippen LogP contribution in [0.15, 0.2) is 71.6 Å². The van der Waals surface area contributed by atoms with E-state index in [0.717, 1.165) is 9.87 Å². The first-order valence-corrected chi connectivity index (χ1v) is 13.1. The SMILES string of the molecule is COCCNC(=O)c1ccccc1NC(=O)CN(c1ccc(OC)c(Cl)c1)S(=O)(=O)c1ccc(C)cc1. The van der Waals surface area contributed by atoms with Gasteiger partial charge in [-0.15, -0.1) is 0 Å². The lowest BCUT2D eigenvalue weighted by Gasteiger charge is -2.25. The molecule has 3 aromatic carbocycles. The third-order valence-corrected chi connectivity index (χ3v) is 7.44. The highest BCUT2D eigenvalue weighted by atomic mass is 35.5. The van der Waals surface area contributed by atoms with Crippen LogP contribution in [-0.2, 0) is 19.6 Å². The summed E-state index contributed by atoms with van der Waals surface area (Å²) in [5.41, 5.74) is 1.53. The molecule has 11 heteroatoms. The minimum atomic E-state index is -4.16. The predicted octanol–water partition coefficient (Wildman–Crippen LogP) is 3.87. The number of aryl methyl sites for hydroxylation is 1. The predicted molar refractivity (Wildman–Crippen MR) is 143 cm³/mol. The van der Waals surface area contributed by atoms with Gasteiger partial charge in [-0.1, -0.05) is 41.4 Å². The van der Waals surface area contributed by atoms with E-state index in [1.165, 1.54) is 44.6 Å². The molecule has 0 radical (unpaired) electrons. The largest absolute Gasteiger partial charge is 0.495 e. The number of benzene rings is 3. The third kappa shape index (κ3) is 7.00. The van der Waals surface area contributed by atoms with Gasteiger partial charge in [-0.05, 0) is 49.4 Å². The number of para-hydroxylation sites is 1. The number of ether oxygens (including phenoxy) is 2. The minimum Gasteiger partial charge on any atom is -0.495 e. The fraction of sp³-hybridized carbons (Fsp3) is 0.231. The second-order valence-corrected chi connectivity index (χ2v) is 10.3. The molecule has 0 aliphatic heterocycles. The average Bonchev–Trinajstić information content (AvgIpc) is 2.88. The van der Waals surface area contributed by atoms with Crippen LogP contribution in [0.25, 0.3) is 0 Å². The second-order valence-electron chi connectivity index (χ2n) is 7.99. The van der Waals surface area contributed by atoms with Crippen molar-refractivity contribution in [2.45, 2.75) is 11.8 Å². The molecule has 3 aromatic rings. The molecule has 0 fully saturated rings. The van der Waals surface area contributed by atoms with Crippen LogP contribution in [0.4, 0.5) is 11.4 Å². The summed E-state index contributed by atoms with van der Waals surface area (Å²) in [6.07, 6.45) is 0. The highest BCUT2D eigenvalue weighted by Crippen LogP contribution is 2.32. The van der Waals surface area contributed by atoms with Gasteiger partial charge in [0, 0.05) is 13.7 Å². The summed E-state index contributed by atoms with van der Waals surface area (Å²) >= 11 is 6.26. The van der Waals surface area contributed by atoms with Gasteiger partial charge in [0.25, 0.3) is 15.9 Å². The van der Waals surface area contributed by atoms with E-state index >= 15 is 0 Å². The number of anilines is 2. The zero-order valence-electron chi connectivity index (χ0n) is 20.7. The van der Waals surface area contributed by atoms with Crippen molar-refractivity contribution in [3.8, 4) is 5.75 Å². The topological polar surface area (TPSA) is 114 Å². The summed E-state index contributed by atoms with van der Waals surface area (Å²) in [4.78, 5) is 25.7. The van der Waals surface area contributed by atoms with Crippen molar-refractivity contribution in [3.05, 3.63) is 82.9 Å². The Morgan fingerprint density at radius 2 is 1.70 bits per heavy atom. The minimum absolute atomic E-state index is 0.00996. The van der Waals surface area contributed by atoms with Crippen molar-refractivity contribution < 1.29 is 27.5 Å². The Kier molecular flexibility index (Phi) is 9.51. The normalized spacial score (nSPS) is 11.0. The van der Waals surface area contributed by atoms with E-state index in [-0.39, 0.29) is 26.9 Å². The second kappa shape index (κ2) is 12.6. The number of rotatable bonds is 11. The summed E-state index contributed by atoms with van der Waals surface area (Å²) in [6, 6.07) is 17.2. The van der Waals surface area contributed by atoms with Crippen LogP contribution in [0.5, 0.6) is 5.75 Å². The lowest BCUT2D eigenvalue weighted by atomic mass is 10.1. The number of carbonyl (C=O) groups is 2. The monoisotopic (exact) mass is 545 g/mol. The molecule has 0 atom stereocenters. The number of carbonyl (C=O) groups excluding carboxylic acids is 2. The van der Waals surface area contributed by atoms with Gasteiger partial charge in [0.15, 0.2) is 0 Å². The summed E-state index contributed by atoms with van der Waals surface area (Å²) < 4.78 is 38.3. The molecule has 0 unspecified atom stereocenters. The molecular weight excluding hydrogens is 518 g/mol. The molecule has 0 bridgehead atoms. The molecule has 196 valence electrons. The Balaban J connectivity index is 1.93. The summed E-state index contributed by atoms with van der Waals surface area (Å²) in [7, 11) is -1.19. The van der Waals surface area contributed by atoms with E-state index in [2.05, 4.69) is 10.6 Å². The Morgan fingerprint density at radius 3 is 2.35 bits per heavy atom. The molecule has 0 spiro atoms. The molecule has 0 aliphatic carbocycles. The maximum absolute atomic E-state index is 13.6. The van der Waals surface area contributed by atoms with Crippen LogP contribution in [0.3, 0.4) is 0 Å². The van der Waals surface area contributed by atoms with Crippen molar-refractivity contribution >= 4 is 44.8 Å². The van der Waals surface area contributed by atoms with Crippen LogP contribution in [0.2, 0.25) is 5.02 Å². The van der Waals surface area contributed by atoms with Crippen molar-refractivity contribution in [2.24, 2.45) is 0 Å². The van der Waals surface area contributed by atoms with Crippen molar-refractivity contribution in [3.63, 3.8) is 0 Å². The summed E-state index contributed by atoms with van der Waals surface area (Å²) in [5.74, 6) is -0.699. The van der Waals surface area contributed by atoms with E-state index in [4.69, 9.17) is 21.1 Å². The number of nitrogens with zero attached hydrogens (tertiary/aromatic N) is 1. The first kappa shape index (κ1) is 28.0. The molecule has 3 rings (SSSR count). The van der Waals surface area contributed by atoms with Crippen LogP contribution in [0.1, 0.15) is 15.9 Å². The zero-order valence-corrected chi connectivity index (χ0v) is 22.2. The molecule has 0 aliphatic rings. The first-order chi connectivity index (χ1) is 17.7. The molecule has 2 N–H and O–H groups in total. The maximum atomic E-state index is 13.6. The van der Waals surface area contributed by atoms with Gasteiger partial charge >= 0.3 is 0 Å². The fourth-order valence-corrected chi connectivity index (χ4v) is 5.10. The van der Waals surface area contributed by atoms with Crippen LogP contribution in [-0.4, -0.2) is 54.1 Å². The van der Waals surface area contributed by atoms with Crippen molar-refractivity contribution in [1.82, 2.24) is 5.32 Å². The fourth-order valence-electron chi connectivity index (χ4n) is 3.44. The lowest BCUT2D eigenvalue weighted by Crippen LogP contribution is -2.38. The standard InChI is InChI=1S/C26H28ClN3O6S/c1-18-8-11-20(12-9-18)37(33,34)30(19-10-13-24(36-3)22(27)16-19)17-25(31)29-23-7-5-4-6-21(23)26(32)28-14-15-35-2/h4-13,16H,14-15,17H2,1-3H3,(H,28,32)(H,29,31). The number of nitrogens with one attached hydrogen (secondary N) is 2. The van der Waals surface area contributed by atoms with E-state index in [1.54, 1.807) is 36.4 Å². The Hall–Kier alpha value is -3.60. The number of methoxy groups -OCH3 is 2. The van der Waals surface area contributed by atoms with Crippen LogP contribution in [0, 0.1) is 6.92 Å². The van der Waals surface area contributed by atoms with Crippen LogP contribution < -0.4 is 19.7 Å². The van der Waals surface area contributed by atoms with Gasteiger partial charge < -0.3 is 20.1 Å². The molecule has 9 nitrogen and oxygen atoms in total. The van der Waals surface area contributed by atoms with E-state index in [0.29, 0.717) is 18.9 Å². The smallest absolute Gasteiger partial charge is 0.264 e. The van der Waals surface area contributed by atoms with Crippen molar-refractivity contribution in [1.29, 1.82) is 0 Å². The molecule has 0 aromatic heterocycles. The Labute approximate surface area is 221 Å². The Morgan fingerprint density at radius 1 is 1.00 bits per heavy atom. The van der Waals surface area contributed by atoms with Crippen LogP contribution >= 0.6 is 11.6 Å². The van der Waals surface area contributed by atoms with Gasteiger partial charge in [-0.2, -0.15) is 0 Å². The van der Waals surface area contributed by atoms with Crippen molar-refractivity contribution in [2.75, 3.05) is 43.5 Å². The molecule has 0 saturated heterocycles. The number of amides is 2. The quantitative estimate of drug-likeness (QED) is 0.354. The van der Waals surface area contributed by atoms with Gasteiger partial charge in [0.05, 0.1) is 40.6 Å². The maximum Gasteiger partial charge on any atom is 0.264 e. The summed E-state index contributed by atoms with van der Waals surface area (Å²) in [5, 5.41) is 5.54. The van der Waals surface area contributed by atoms with E-state index in [9.17, 15) is 18.0 Å². The van der Waals surface area contributed by atoms with Gasteiger partial charge in [-0.3, -0.25) is 13.9 Å². The first-order valence-electron chi connectivity index (χ1n) is 11.3. The third-order valence-electron chi connectivity index (χ3n) is 5.36. The highest BCUT2D eigenvalue weighted by molar-refractivity contribution is 7.92. The number of hydrogen-bond acceptors (Lipinski definition) is 6. The van der Waals surface area contributed by atoms with E-state index < -0.39 is 28.4 Å². The number of halogens is 1. The van der Waals surface area contributed by atoms with Gasteiger partial charge in [-0.25, -0.2) is 8.42 Å². The number of hydrogen-bond donors (Lipinski definition) is 2. The molecule has 2 amide bonds. The zero-order chi connectivity index (χ0) is 27.0. The lowest BCUT2D eigenvalue weighted by molar-refractivity contribution is -0.114.